The summed E-state index contributed by atoms with van der Waals surface area (Å²) in [6, 6.07) is 6.21. The predicted octanol–water partition coefficient (Wildman–Crippen LogP) is 3.55. The van der Waals surface area contributed by atoms with Gasteiger partial charge in [0, 0.05) is 0 Å². The summed E-state index contributed by atoms with van der Waals surface area (Å²) >= 11 is 0. The maximum absolute atomic E-state index is 12.3. The molecule has 1 saturated carbocycles. The summed E-state index contributed by atoms with van der Waals surface area (Å²) in [6.07, 6.45) is -3.75. The summed E-state index contributed by atoms with van der Waals surface area (Å²) in [7, 11) is 0. The van der Waals surface area contributed by atoms with Crippen molar-refractivity contribution in [2.75, 3.05) is 0 Å². The second kappa shape index (κ2) is 4.09. The van der Waals surface area contributed by atoms with Gasteiger partial charge in [0.05, 0.1) is 0 Å². The van der Waals surface area contributed by atoms with E-state index in [9.17, 15) is 13.2 Å². The number of aliphatic hydroxyl groups is 1. The lowest BCUT2D eigenvalue weighted by Crippen LogP contribution is -2.20. The maximum Gasteiger partial charge on any atom is 0.418 e. The Labute approximate surface area is 91.9 Å². The third-order valence-electron chi connectivity index (χ3n) is 3.11. The van der Waals surface area contributed by atoms with E-state index in [2.05, 4.69) is 0 Å². The van der Waals surface area contributed by atoms with Gasteiger partial charge in [-0.15, -0.1) is 0 Å². The fraction of sp³-hybridized carbons (Fsp3) is 0.500. The Hall–Kier alpha value is -1.03. The lowest BCUT2D eigenvalue weighted by molar-refractivity contribution is -0.206. The lowest BCUT2D eigenvalue weighted by atomic mass is 9.79. The van der Waals surface area contributed by atoms with Gasteiger partial charge in [0.15, 0.2) is 6.10 Å². The topological polar surface area (TPSA) is 20.2 Å². The first kappa shape index (κ1) is 11.5. The molecule has 0 spiro atoms. The van der Waals surface area contributed by atoms with E-state index < -0.39 is 12.3 Å². The van der Waals surface area contributed by atoms with Crippen LogP contribution in [0, 0.1) is 0 Å². The Morgan fingerprint density at radius 1 is 1.25 bits per heavy atom. The molecule has 0 radical (unpaired) electrons. The molecular weight excluding hydrogens is 217 g/mol. The molecule has 1 fully saturated rings. The molecule has 0 aromatic heterocycles. The third kappa shape index (κ3) is 2.21. The summed E-state index contributed by atoms with van der Waals surface area (Å²) in [6.45, 7) is 0. The average molecular weight is 230 g/mol. The monoisotopic (exact) mass is 230 g/mol. The first-order valence-corrected chi connectivity index (χ1v) is 5.33. The van der Waals surface area contributed by atoms with Crippen molar-refractivity contribution in [1.29, 1.82) is 0 Å². The normalized spacial score (nSPS) is 19.2. The molecule has 0 saturated heterocycles. The van der Waals surface area contributed by atoms with Crippen LogP contribution in [0.4, 0.5) is 13.2 Å². The second-order valence-electron chi connectivity index (χ2n) is 4.24. The minimum absolute atomic E-state index is 0.0584. The number of alkyl halides is 3. The van der Waals surface area contributed by atoms with Gasteiger partial charge in [-0.2, -0.15) is 13.2 Å². The van der Waals surface area contributed by atoms with E-state index in [0.29, 0.717) is 5.92 Å². The highest BCUT2D eigenvalue weighted by atomic mass is 19.4. The van der Waals surface area contributed by atoms with Crippen molar-refractivity contribution in [3.63, 3.8) is 0 Å². The third-order valence-corrected chi connectivity index (χ3v) is 3.11. The Bertz CT molecular complexity index is 369. The number of halogens is 3. The summed E-state index contributed by atoms with van der Waals surface area (Å²) < 4.78 is 36.9. The van der Waals surface area contributed by atoms with Crippen LogP contribution in [0.1, 0.15) is 42.4 Å². The van der Waals surface area contributed by atoms with Crippen LogP contribution >= 0.6 is 0 Å². The van der Waals surface area contributed by atoms with Crippen molar-refractivity contribution in [1.82, 2.24) is 0 Å². The van der Waals surface area contributed by atoms with Gasteiger partial charge in [-0.3, -0.25) is 0 Å². The minimum Gasteiger partial charge on any atom is -0.379 e. The largest absolute Gasteiger partial charge is 0.418 e. The standard InChI is InChI=1S/C12H13F3O/c13-12(14,15)11(16)10-6-2-5-9(7-10)8-3-1-4-8/h2,5-8,11,16H,1,3-4H2. The smallest absolute Gasteiger partial charge is 0.379 e. The highest BCUT2D eigenvalue weighted by Gasteiger charge is 2.39. The van der Waals surface area contributed by atoms with Crippen LogP contribution < -0.4 is 0 Å². The Morgan fingerprint density at radius 2 is 1.94 bits per heavy atom. The molecular formula is C12H13F3O. The molecule has 1 unspecified atom stereocenters. The fourth-order valence-electron chi connectivity index (χ4n) is 1.91. The van der Waals surface area contributed by atoms with E-state index in [0.717, 1.165) is 24.8 Å². The van der Waals surface area contributed by atoms with E-state index in [1.165, 1.54) is 12.1 Å². The van der Waals surface area contributed by atoms with E-state index >= 15 is 0 Å². The van der Waals surface area contributed by atoms with Crippen LogP contribution in [-0.2, 0) is 0 Å². The molecule has 16 heavy (non-hydrogen) atoms. The second-order valence-corrected chi connectivity index (χ2v) is 4.24. The van der Waals surface area contributed by atoms with Gasteiger partial charge >= 0.3 is 6.18 Å². The number of hydrogen-bond donors (Lipinski definition) is 1. The van der Waals surface area contributed by atoms with Gasteiger partial charge < -0.3 is 5.11 Å². The molecule has 1 aromatic carbocycles. The molecule has 1 nitrogen and oxygen atoms in total. The SMILES string of the molecule is OC(c1cccc(C2CCC2)c1)C(F)(F)F. The fourth-order valence-corrected chi connectivity index (χ4v) is 1.91. The Morgan fingerprint density at radius 3 is 2.44 bits per heavy atom. The lowest BCUT2D eigenvalue weighted by Gasteiger charge is -2.26. The summed E-state index contributed by atoms with van der Waals surface area (Å²) in [5.74, 6) is 0.375. The van der Waals surface area contributed by atoms with Crippen molar-refractivity contribution in [3.05, 3.63) is 35.4 Å². The summed E-state index contributed by atoms with van der Waals surface area (Å²) in [5, 5.41) is 9.13. The molecule has 1 atom stereocenters. The zero-order valence-electron chi connectivity index (χ0n) is 8.67. The number of aliphatic hydroxyl groups excluding tert-OH is 1. The molecule has 0 amide bonds. The zero-order valence-corrected chi connectivity index (χ0v) is 8.67. The van der Waals surface area contributed by atoms with Crippen molar-refractivity contribution in [2.45, 2.75) is 37.5 Å². The molecule has 88 valence electrons. The molecule has 1 aliphatic carbocycles. The summed E-state index contributed by atoms with van der Waals surface area (Å²) in [5.41, 5.74) is 0.851. The van der Waals surface area contributed by atoms with Gasteiger partial charge in [-0.05, 0) is 29.9 Å². The van der Waals surface area contributed by atoms with Gasteiger partial charge in [0.2, 0.25) is 0 Å². The van der Waals surface area contributed by atoms with Gasteiger partial charge in [-0.1, -0.05) is 30.7 Å². The van der Waals surface area contributed by atoms with Crippen LogP contribution in [0.5, 0.6) is 0 Å². The van der Waals surface area contributed by atoms with Crippen molar-refractivity contribution >= 4 is 0 Å². The van der Waals surface area contributed by atoms with E-state index in [1.54, 1.807) is 6.07 Å². The van der Waals surface area contributed by atoms with Crippen LogP contribution in [0.2, 0.25) is 0 Å². The van der Waals surface area contributed by atoms with Crippen LogP contribution in [0.3, 0.4) is 0 Å². The van der Waals surface area contributed by atoms with Gasteiger partial charge in [0.1, 0.15) is 0 Å². The molecule has 0 bridgehead atoms. The van der Waals surface area contributed by atoms with E-state index in [4.69, 9.17) is 5.11 Å². The quantitative estimate of drug-likeness (QED) is 0.823. The summed E-state index contributed by atoms with van der Waals surface area (Å²) in [4.78, 5) is 0. The molecule has 1 aliphatic rings. The Kier molecular flexibility index (Phi) is 2.93. The van der Waals surface area contributed by atoms with Crippen molar-refractivity contribution in [3.8, 4) is 0 Å². The van der Waals surface area contributed by atoms with Crippen molar-refractivity contribution in [2.24, 2.45) is 0 Å². The molecule has 0 heterocycles. The molecule has 1 aromatic rings. The van der Waals surface area contributed by atoms with Crippen LogP contribution in [0.15, 0.2) is 24.3 Å². The Balaban J connectivity index is 2.21. The number of hydrogen-bond acceptors (Lipinski definition) is 1. The minimum atomic E-state index is -4.59. The molecule has 1 N–H and O–H groups in total. The molecule has 0 aliphatic heterocycles. The van der Waals surface area contributed by atoms with E-state index in [1.807, 2.05) is 6.07 Å². The highest BCUT2D eigenvalue weighted by molar-refractivity contribution is 5.29. The average Bonchev–Trinajstić information content (AvgIpc) is 2.13. The van der Waals surface area contributed by atoms with Crippen LogP contribution in [0.25, 0.3) is 0 Å². The molecule has 2 rings (SSSR count). The highest BCUT2D eigenvalue weighted by Crippen LogP contribution is 2.38. The first-order valence-electron chi connectivity index (χ1n) is 5.33. The predicted molar refractivity (Wildman–Crippen MR) is 54.0 cm³/mol. The first-order chi connectivity index (χ1) is 7.48. The maximum atomic E-state index is 12.3. The van der Waals surface area contributed by atoms with Gasteiger partial charge in [-0.25, -0.2) is 0 Å². The molecule has 4 heteroatoms. The van der Waals surface area contributed by atoms with Crippen molar-refractivity contribution < 1.29 is 18.3 Å². The van der Waals surface area contributed by atoms with Gasteiger partial charge in [0.25, 0.3) is 0 Å². The number of benzene rings is 1. The van der Waals surface area contributed by atoms with E-state index in [-0.39, 0.29) is 5.56 Å². The van der Waals surface area contributed by atoms with Crippen LogP contribution in [-0.4, -0.2) is 11.3 Å². The zero-order chi connectivity index (χ0) is 11.8. The number of rotatable bonds is 2.